The largest absolute Gasteiger partial charge is 0.487 e. The van der Waals surface area contributed by atoms with E-state index in [1.807, 2.05) is 27.7 Å². The maximum absolute atomic E-state index is 13.7. The van der Waals surface area contributed by atoms with Crippen molar-refractivity contribution < 1.29 is 13.9 Å². The maximum atomic E-state index is 13.7. The SMILES string of the molecule is CC1(C)CC(Oc2cc(F)cc(C#CCN)c2)C(C)(C)O1. The summed E-state index contributed by atoms with van der Waals surface area (Å²) in [6.45, 7) is 8.27. The lowest BCUT2D eigenvalue weighted by Crippen LogP contribution is -2.36. The topological polar surface area (TPSA) is 44.5 Å². The Morgan fingerprint density at radius 1 is 1.33 bits per heavy atom. The molecule has 2 rings (SSSR count). The van der Waals surface area contributed by atoms with Crippen molar-refractivity contribution >= 4 is 0 Å². The van der Waals surface area contributed by atoms with Crippen LogP contribution in [0.3, 0.4) is 0 Å². The number of halogens is 1. The van der Waals surface area contributed by atoms with E-state index < -0.39 is 5.60 Å². The van der Waals surface area contributed by atoms with Gasteiger partial charge in [0.2, 0.25) is 0 Å². The van der Waals surface area contributed by atoms with E-state index in [-0.39, 0.29) is 24.1 Å². The zero-order chi connectivity index (χ0) is 15.7. The highest BCUT2D eigenvalue weighted by Gasteiger charge is 2.47. The molecule has 0 aromatic heterocycles. The van der Waals surface area contributed by atoms with Crippen LogP contribution in [-0.4, -0.2) is 23.9 Å². The molecule has 0 spiro atoms. The Morgan fingerprint density at radius 3 is 2.62 bits per heavy atom. The summed E-state index contributed by atoms with van der Waals surface area (Å²) >= 11 is 0. The lowest BCUT2D eigenvalue weighted by atomic mass is 9.97. The van der Waals surface area contributed by atoms with Crippen LogP contribution < -0.4 is 10.5 Å². The Hall–Kier alpha value is -1.57. The van der Waals surface area contributed by atoms with Crippen LogP contribution in [0, 0.1) is 17.7 Å². The van der Waals surface area contributed by atoms with Crippen LogP contribution in [0.2, 0.25) is 0 Å². The van der Waals surface area contributed by atoms with Crippen molar-refractivity contribution in [2.45, 2.75) is 51.4 Å². The number of rotatable bonds is 2. The van der Waals surface area contributed by atoms with Crippen LogP contribution in [0.25, 0.3) is 0 Å². The Kier molecular flexibility index (Phi) is 4.27. The molecule has 1 fully saturated rings. The van der Waals surface area contributed by atoms with Gasteiger partial charge in [-0.15, -0.1) is 0 Å². The van der Waals surface area contributed by atoms with Gasteiger partial charge in [-0.1, -0.05) is 11.8 Å². The second-order valence-corrected chi connectivity index (χ2v) is 6.46. The third-order valence-corrected chi connectivity index (χ3v) is 3.48. The summed E-state index contributed by atoms with van der Waals surface area (Å²) in [5.74, 6) is 5.63. The van der Waals surface area contributed by atoms with Gasteiger partial charge < -0.3 is 15.2 Å². The Morgan fingerprint density at radius 2 is 2.05 bits per heavy atom. The van der Waals surface area contributed by atoms with Gasteiger partial charge in [-0.05, 0) is 39.8 Å². The first-order valence-electron chi connectivity index (χ1n) is 7.08. The summed E-state index contributed by atoms with van der Waals surface area (Å²) in [4.78, 5) is 0. The predicted octanol–water partition coefficient (Wildman–Crippen LogP) is 2.86. The van der Waals surface area contributed by atoms with E-state index in [0.717, 1.165) is 6.42 Å². The van der Waals surface area contributed by atoms with Crippen molar-refractivity contribution in [1.29, 1.82) is 0 Å². The lowest BCUT2D eigenvalue weighted by molar-refractivity contribution is -0.0846. The number of benzene rings is 1. The van der Waals surface area contributed by atoms with E-state index in [2.05, 4.69) is 11.8 Å². The summed E-state index contributed by atoms with van der Waals surface area (Å²) in [5.41, 5.74) is 5.23. The van der Waals surface area contributed by atoms with E-state index in [0.29, 0.717) is 11.3 Å². The molecule has 1 aliphatic heterocycles. The van der Waals surface area contributed by atoms with Gasteiger partial charge in [-0.3, -0.25) is 0 Å². The molecule has 0 bridgehead atoms. The third-order valence-electron chi connectivity index (χ3n) is 3.48. The summed E-state index contributed by atoms with van der Waals surface area (Å²) < 4.78 is 25.6. The van der Waals surface area contributed by atoms with Gasteiger partial charge >= 0.3 is 0 Å². The maximum Gasteiger partial charge on any atom is 0.130 e. The van der Waals surface area contributed by atoms with Crippen LogP contribution in [0.15, 0.2) is 18.2 Å². The zero-order valence-electron chi connectivity index (χ0n) is 13.0. The van der Waals surface area contributed by atoms with Crippen LogP contribution in [-0.2, 0) is 4.74 Å². The monoisotopic (exact) mass is 291 g/mol. The second kappa shape index (κ2) is 5.67. The molecule has 1 aliphatic rings. The first kappa shape index (κ1) is 15.8. The van der Waals surface area contributed by atoms with E-state index in [4.69, 9.17) is 15.2 Å². The van der Waals surface area contributed by atoms with Gasteiger partial charge in [0.05, 0.1) is 12.1 Å². The quantitative estimate of drug-likeness (QED) is 0.852. The van der Waals surface area contributed by atoms with Crippen molar-refractivity contribution in [2.24, 2.45) is 5.73 Å². The fourth-order valence-corrected chi connectivity index (χ4v) is 2.72. The molecule has 1 aromatic rings. The molecule has 21 heavy (non-hydrogen) atoms. The van der Waals surface area contributed by atoms with E-state index in [1.165, 1.54) is 12.1 Å². The fourth-order valence-electron chi connectivity index (χ4n) is 2.72. The van der Waals surface area contributed by atoms with Gasteiger partial charge in [-0.25, -0.2) is 4.39 Å². The van der Waals surface area contributed by atoms with Crippen molar-refractivity contribution in [3.8, 4) is 17.6 Å². The molecule has 0 amide bonds. The average Bonchev–Trinajstić information content (AvgIpc) is 2.53. The smallest absolute Gasteiger partial charge is 0.130 e. The summed E-state index contributed by atoms with van der Waals surface area (Å²) in [5, 5.41) is 0. The molecule has 114 valence electrons. The molecule has 1 saturated heterocycles. The Labute approximate surface area is 125 Å². The van der Waals surface area contributed by atoms with E-state index >= 15 is 0 Å². The summed E-state index contributed by atoms with van der Waals surface area (Å²) in [6.07, 6.45) is 0.616. The van der Waals surface area contributed by atoms with Crippen LogP contribution >= 0.6 is 0 Å². The molecule has 1 heterocycles. The summed E-state index contributed by atoms with van der Waals surface area (Å²) in [6, 6.07) is 4.47. The highest BCUT2D eigenvalue weighted by molar-refractivity contribution is 5.40. The molecule has 0 saturated carbocycles. The lowest BCUT2D eigenvalue weighted by Gasteiger charge is -2.27. The van der Waals surface area contributed by atoms with E-state index in [9.17, 15) is 4.39 Å². The summed E-state index contributed by atoms with van der Waals surface area (Å²) in [7, 11) is 0. The molecule has 3 nitrogen and oxygen atoms in total. The number of hydrogen-bond acceptors (Lipinski definition) is 3. The van der Waals surface area contributed by atoms with Gasteiger partial charge in [0.25, 0.3) is 0 Å². The first-order chi connectivity index (χ1) is 9.72. The van der Waals surface area contributed by atoms with Crippen molar-refractivity contribution in [3.63, 3.8) is 0 Å². The third kappa shape index (κ3) is 3.96. The van der Waals surface area contributed by atoms with Gasteiger partial charge in [0.1, 0.15) is 23.3 Å². The van der Waals surface area contributed by atoms with Crippen LogP contribution in [0.5, 0.6) is 5.75 Å². The molecule has 0 radical (unpaired) electrons. The molecule has 4 heteroatoms. The highest BCUT2D eigenvalue weighted by Crippen LogP contribution is 2.39. The Balaban J connectivity index is 2.22. The molecule has 2 N–H and O–H groups in total. The zero-order valence-corrected chi connectivity index (χ0v) is 13.0. The highest BCUT2D eigenvalue weighted by atomic mass is 19.1. The van der Waals surface area contributed by atoms with Crippen molar-refractivity contribution in [2.75, 3.05) is 6.54 Å². The molecule has 1 unspecified atom stereocenters. The van der Waals surface area contributed by atoms with Gasteiger partial charge in [0.15, 0.2) is 0 Å². The van der Waals surface area contributed by atoms with Crippen molar-refractivity contribution in [3.05, 3.63) is 29.6 Å². The standard InChI is InChI=1S/C17H22FNO2/c1-16(2)11-15(17(3,4)21-16)20-14-9-12(6-5-7-19)8-13(18)10-14/h8-10,15H,7,11,19H2,1-4H3. The van der Waals surface area contributed by atoms with E-state index in [1.54, 1.807) is 6.07 Å². The predicted molar refractivity (Wildman–Crippen MR) is 80.6 cm³/mol. The number of hydrogen-bond donors (Lipinski definition) is 1. The molecule has 1 atom stereocenters. The molecular formula is C17H22FNO2. The van der Waals surface area contributed by atoms with Gasteiger partial charge in [0, 0.05) is 18.1 Å². The van der Waals surface area contributed by atoms with Crippen molar-refractivity contribution in [1.82, 2.24) is 0 Å². The molecular weight excluding hydrogens is 269 g/mol. The average molecular weight is 291 g/mol. The number of nitrogens with two attached hydrogens (primary N) is 1. The minimum Gasteiger partial charge on any atom is -0.487 e. The second-order valence-electron chi connectivity index (χ2n) is 6.46. The minimum atomic E-state index is -0.418. The first-order valence-corrected chi connectivity index (χ1v) is 7.08. The molecule has 0 aliphatic carbocycles. The van der Waals surface area contributed by atoms with Gasteiger partial charge in [-0.2, -0.15) is 0 Å². The Bertz CT molecular complexity index is 584. The number of ether oxygens (including phenoxy) is 2. The van der Waals surface area contributed by atoms with Crippen LogP contribution in [0.4, 0.5) is 4.39 Å². The normalized spacial score (nSPS) is 22.5. The molecule has 1 aromatic carbocycles. The fraction of sp³-hybridized carbons (Fsp3) is 0.529. The van der Waals surface area contributed by atoms with Crippen LogP contribution in [0.1, 0.15) is 39.7 Å². The minimum absolute atomic E-state index is 0.135.